The Balaban J connectivity index is 1.52. The summed E-state index contributed by atoms with van der Waals surface area (Å²) in [5.74, 6) is 0.736. The second kappa shape index (κ2) is 5.21. The van der Waals surface area contributed by atoms with Crippen LogP contribution >= 0.6 is 11.3 Å². The summed E-state index contributed by atoms with van der Waals surface area (Å²) in [4.78, 5) is 8.90. The van der Waals surface area contributed by atoms with E-state index in [-0.39, 0.29) is 5.60 Å². The number of aromatic nitrogens is 1. The lowest BCUT2D eigenvalue weighted by molar-refractivity contribution is -0.0277. The molecule has 0 unspecified atom stereocenters. The highest BCUT2D eigenvalue weighted by Crippen LogP contribution is 2.44. The van der Waals surface area contributed by atoms with Crippen LogP contribution in [0.15, 0.2) is 0 Å². The van der Waals surface area contributed by atoms with Gasteiger partial charge in [0.25, 0.3) is 0 Å². The zero-order valence-electron chi connectivity index (χ0n) is 13.0. The average Bonchev–Trinajstić information content (AvgIpc) is 3.34. The largest absolute Gasteiger partial charge is 0.372 e. The van der Waals surface area contributed by atoms with E-state index in [1.165, 1.54) is 41.4 Å². The van der Waals surface area contributed by atoms with Crippen LogP contribution in [0.2, 0.25) is 0 Å². The van der Waals surface area contributed by atoms with Crippen LogP contribution in [0.4, 0.5) is 5.13 Å². The van der Waals surface area contributed by atoms with Crippen LogP contribution in [0.1, 0.15) is 56.0 Å². The van der Waals surface area contributed by atoms with E-state index in [9.17, 15) is 0 Å². The van der Waals surface area contributed by atoms with Crippen LogP contribution in [-0.4, -0.2) is 36.3 Å². The molecule has 0 aromatic carbocycles. The molecule has 0 amide bonds. The third-order valence-electron chi connectivity index (χ3n) is 4.51. The standard InChI is InChI=1S/C16H25N3OS/c1-16(2)10-19(7-8-20-16)15-18-14(11-3-4-11)13(21-15)9-17-12-5-6-12/h11-12,17H,3-10H2,1-2H3. The lowest BCUT2D eigenvalue weighted by atomic mass is 10.1. The summed E-state index contributed by atoms with van der Waals surface area (Å²) >= 11 is 1.90. The molecule has 1 saturated heterocycles. The summed E-state index contributed by atoms with van der Waals surface area (Å²) in [6.07, 6.45) is 5.35. The third-order valence-corrected chi connectivity index (χ3v) is 5.64. The second-order valence-electron chi connectivity index (χ2n) is 7.26. The number of morpholine rings is 1. The molecular weight excluding hydrogens is 282 g/mol. The van der Waals surface area contributed by atoms with Gasteiger partial charge in [-0.25, -0.2) is 4.98 Å². The Kier molecular flexibility index (Phi) is 3.47. The molecule has 0 spiro atoms. The van der Waals surface area contributed by atoms with Gasteiger partial charge in [0, 0.05) is 36.5 Å². The van der Waals surface area contributed by atoms with Gasteiger partial charge in [-0.2, -0.15) is 0 Å². The maximum Gasteiger partial charge on any atom is 0.186 e. The van der Waals surface area contributed by atoms with E-state index < -0.39 is 0 Å². The molecule has 4 nitrogen and oxygen atoms in total. The lowest BCUT2D eigenvalue weighted by Crippen LogP contribution is -2.48. The zero-order chi connectivity index (χ0) is 14.4. The maximum atomic E-state index is 5.82. The molecule has 21 heavy (non-hydrogen) atoms. The van der Waals surface area contributed by atoms with Gasteiger partial charge in [0.05, 0.1) is 17.9 Å². The Labute approximate surface area is 130 Å². The van der Waals surface area contributed by atoms with E-state index in [4.69, 9.17) is 9.72 Å². The molecule has 5 heteroatoms. The van der Waals surface area contributed by atoms with Gasteiger partial charge < -0.3 is 15.0 Å². The van der Waals surface area contributed by atoms with Gasteiger partial charge in [0.15, 0.2) is 5.13 Å². The molecule has 1 aromatic heterocycles. The highest BCUT2D eigenvalue weighted by atomic mass is 32.1. The van der Waals surface area contributed by atoms with E-state index >= 15 is 0 Å². The fraction of sp³-hybridized carbons (Fsp3) is 0.812. The molecule has 2 heterocycles. The van der Waals surface area contributed by atoms with Crippen molar-refractivity contribution in [2.75, 3.05) is 24.6 Å². The summed E-state index contributed by atoms with van der Waals surface area (Å²) in [5.41, 5.74) is 1.32. The first-order valence-electron chi connectivity index (χ1n) is 8.23. The topological polar surface area (TPSA) is 37.4 Å². The molecule has 3 fully saturated rings. The van der Waals surface area contributed by atoms with Crippen molar-refractivity contribution < 1.29 is 4.74 Å². The van der Waals surface area contributed by atoms with Crippen molar-refractivity contribution in [3.8, 4) is 0 Å². The van der Waals surface area contributed by atoms with Crippen molar-refractivity contribution in [3.63, 3.8) is 0 Å². The SMILES string of the molecule is CC1(C)CN(c2nc(C3CC3)c(CNC3CC3)s2)CCO1. The van der Waals surface area contributed by atoms with Crippen LogP contribution in [0.5, 0.6) is 0 Å². The molecule has 1 aliphatic heterocycles. The number of hydrogen-bond acceptors (Lipinski definition) is 5. The summed E-state index contributed by atoms with van der Waals surface area (Å²) < 4.78 is 5.82. The fourth-order valence-electron chi connectivity index (χ4n) is 2.99. The predicted octanol–water partition coefficient (Wildman–Crippen LogP) is 2.89. The molecule has 116 valence electrons. The van der Waals surface area contributed by atoms with Crippen molar-refractivity contribution in [3.05, 3.63) is 10.6 Å². The number of anilines is 1. The van der Waals surface area contributed by atoms with Gasteiger partial charge in [0.2, 0.25) is 0 Å². The highest BCUT2D eigenvalue weighted by Gasteiger charge is 2.33. The van der Waals surface area contributed by atoms with Gasteiger partial charge in [-0.1, -0.05) is 0 Å². The normalized spacial score (nSPS) is 25.3. The number of rotatable bonds is 5. The molecule has 0 radical (unpaired) electrons. The van der Waals surface area contributed by atoms with E-state index in [0.29, 0.717) is 0 Å². The molecular formula is C16H25N3OS. The Hall–Kier alpha value is -0.650. The minimum absolute atomic E-state index is 0.0594. The van der Waals surface area contributed by atoms with Crippen LogP contribution in [0, 0.1) is 0 Å². The quantitative estimate of drug-likeness (QED) is 0.907. The molecule has 4 rings (SSSR count). The van der Waals surface area contributed by atoms with Crippen molar-refractivity contribution in [2.24, 2.45) is 0 Å². The van der Waals surface area contributed by atoms with Crippen molar-refractivity contribution in [2.45, 2.75) is 63.6 Å². The molecule has 0 atom stereocenters. The first kappa shape index (κ1) is 14.0. The van der Waals surface area contributed by atoms with Gasteiger partial charge in [-0.15, -0.1) is 11.3 Å². The Morgan fingerprint density at radius 1 is 1.33 bits per heavy atom. The Morgan fingerprint density at radius 3 is 2.81 bits per heavy atom. The molecule has 2 saturated carbocycles. The number of nitrogens with one attached hydrogen (secondary N) is 1. The highest BCUT2D eigenvalue weighted by molar-refractivity contribution is 7.15. The van der Waals surface area contributed by atoms with E-state index in [1.54, 1.807) is 0 Å². The Morgan fingerprint density at radius 2 is 2.14 bits per heavy atom. The van der Waals surface area contributed by atoms with Crippen molar-refractivity contribution >= 4 is 16.5 Å². The first-order valence-corrected chi connectivity index (χ1v) is 9.04. The summed E-state index contributed by atoms with van der Waals surface area (Å²) in [6, 6.07) is 0.768. The molecule has 1 aromatic rings. The molecule has 0 bridgehead atoms. The van der Waals surface area contributed by atoms with Gasteiger partial charge in [-0.05, 0) is 39.5 Å². The first-order chi connectivity index (χ1) is 10.1. The van der Waals surface area contributed by atoms with Crippen molar-refractivity contribution in [1.82, 2.24) is 10.3 Å². The smallest absolute Gasteiger partial charge is 0.186 e. The number of thiazole rings is 1. The summed E-state index contributed by atoms with van der Waals surface area (Å²) in [7, 11) is 0. The average molecular weight is 307 g/mol. The minimum atomic E-state index is -0.0594. The van der Waals surface area contributed by atoms with Crippen LogP contribution < -0.4 is 10.2 Å². The van der Waals surface area contributed by atoms with Gasteiger partial charge >= 0.3 is 0 Å². The number of nitrogens with zero attached hydrogens (tertiary/aromatic N) is 2. The van der Waals surface area contributed by atoms with Crippen LogP contribution in [0.25, 0.3) is 0 Å². The molecule has 2 aliphatic carbocycles. The monoisotopic (exact) mass is 307 g/mol. The van der Waals surface area contributed by atoms with E-state index in [0.717, 1.165) is 38.2 Å². The summed E-state index contributed by atoms with van der Waals surface area (Å²) in [6.45, 7) is 8.08. The third kappa shape index (κ3) is 3.25. The predicted molar refractivity (Wildman–Crippen MR) is 86.2 cm³/mol. The van der Waals surface area contributed by atoms with E-state index in [2.05, 4.69) is 24.1 Å². The van der Waals surface area contributed by atoms with Crippen LogP contribution in [-0.2, 0) is 11.3 Å². The van der Waals surface area contributed by atoms with Crippen LogP contribution in [0.3, 0.4) is 0 Å². The minimum Gasteiger partial charge on any atom is -0.372 e. The fourth-order valence-corrected chi connectivity index (χ4v) is 4.11. The van der Waals surface area contributed by atoms with E-state index in [1.807, 2.05) is 11.3 Å². The number of hydrogen-bond donors (Lipinski definition) is 1. The van der Waals surface area contributed by atoms with Crippen molar-refractivity contribution in [1.29, 1.82) is 0 Å². The zero-order valence-corrected chi connectivity index (χ0v) is 13.8. The molecule has 3 aliphatic rings. The Bertz CT molecular complexity index is 520. The summed E-state index contributed by atoms with van der Waals surface area (Å²) in [5, 5.41) is 4.86. The van der Waals surface area contributed by atoms with Gasteiger partial charge in [-0.3, -0.25) is 0 Å². The second-order valence-corrected chi connectivity index (χ2v) is 8.33. The maximum absolute atomic E-state index is 5.82. The lowest BCUT2D eigenvalue weighted by Gasteiger charge is -2.38. The number of ether oxygens (including phenoxy) is 1. The van der Waals surface area contributed by atoms with Gasteiger partial charge in [0.1, 0.15) is 0 Å². The molecule has 1 N–H and O–H groups in total.